The molecule has 2 heteroatoms. The lowest BCUT2D eigenvalue weighted by Crippen LogP contribution is -2.30. The number of aromatic nitrogens is 2. The Morgan fingerprint density at radius 1 is 0.436 bits per heavy atom. The predicted molar refractivity (Wildman–Crippen MR) is 163 cm³/mol. The monoisotopic (exact) mass is 498 g/mol. The molecule has 2 nitrogen and oxygen atoms in total. The van der Waals surface area contributed by atoms with Crippen LogP contribution in [0.2, 0.25) is 0 Å². The highest BCUT2D eigenvalue weighted by molar-refractivity contribution is 6.20. The molecule has 0 aliphatic carbocycles. The molecular formula is C37H26N2+2. The molecule has 2 aromatic heterocycles. The van der Waals surface area contributed by atoms with Gasteiger partial charge in [0.2, 0.25) is 22.1 Å². The molecule has 1 N–H and O–H groups in total. The number of nitrogens with one attached hydrogen (secondary N) is 1. The Labute approximate surface area is 226 Å². The van der Waals surface area contributed by atoms with Gasteiger partial charge in [0.15, 0.2) is 0 Å². The van der Waals surface area contributed by atoms with Gasteiger partial charge in [-0.3, -0.25) is 0 Å². The first-order valence-electron chi connectivity index (χ1n) is 13.4. The molecular weight excluding hydrogens is 472 g/mol. The number of aromatic amines is 1. The Hall–Kier alpha value is -5.08. The van der Waals surface area contributed by atoms with Crippen molar-refractivity contribution in [3.05, 3.63) is 133 Å². The molecule has 0 fully saturated rings. The average Bonchev–Trinajstić information content (AvgIpc) is 3.00. The molecule has 0 radical (unpaired) electrons. The summed E-state index contributed by atoms with van der Waals surface area (Å²) in [6.45, 7) is 0. The number of benzene rings is 6. The fourth-order valence-corrected chi connectivity index (χ4v) is 6.48. The summed E-state index contributed by atoms with van der Waals surface area (Å²) in [5.41, 5.74) is 9.81. The van der Waals surface area contributed by atoms with Crippen LogP contribution in [0.5, 0.6) is 0 Å². The zero-order valence-corrected chi connectivity index (χ0v) is 21.6. The number of aryl methyl sites for hydroxylation is 1. The highest BCUT2D eigenvalue weighted by Crippen LogP contribution is 2.44. The Morgan fingerprint density at radius 2 is 0.872 bits per heavy atom. The van der Waals surface area contributed by atoms with Crippen LogP contribution in [-0.2, 0) is 7.05 Å². The van der Waals surface area contributed by atoms with Crippen LogP contribution < -0.4 is 9.55 Å². The van der Waals surface area contributed by atoms with Crippen LogP contribution in [-0.4, -0.2) is 0 Å². The van der Waals surface area contributed by atoms with E-state index < -0.39 is 0 Å². The number of H-pyrrole nitrogens is 1. The van der Waals surface area contributed by atoms with Gasteiger partial charge in [-0.1, -0.05) is 84.9 Å². The number of pyridine rings is 2. The lowest BCUT2D eigenvalue weighted by atomic mass is 9.86. The lowest BCUT2D eigenvalue weighted by molar-refractivity contribution is -0.617. The van der Waals surface area contributed by atoms with Crippen molar-refractivity contribution in [1.29, 1.82) is 0 Å². The van der Waals surface area contributed by atoms with E-state index >= 15 is 0 Å². The number of nitrogens with zero attached hydrogens (tertiary/aromatic N) is 1. The standard InChI is InChI=1S/C37H25N2/c1-39-33-22-8-4-16-27(33)37(28-17-5-9-23-34(28)39)30-19-11-13-24-12-10-18-29(35(24)30)36-25-14-2-6-20-31(25)38-32-21-7-3-15-26(32)36/h2-23H,1H3/q+1/p+1. The van der Waals surface area contributed by atoms with E-state index in [1.807, 2.05) is 0 Å². The summed E-state index contributed by atoms with van der Waals surface area (Å²) in [5, 5.41) is 7.51. The van der Waals surface area contributed by atoms with Crippen molar-refractivity contribution in [1.82, 2.24) is 0 Å². The topological polar surface area (TPSA) is 18.0 Å². The van der Waals surface area contributed by atoms with Crippen molar-refractivity contribution >= 4 is 54.4 Å². The highest BCUT2D eigenvalue weighted by Gasteiger charge is 2.23. The summed E-state index contributed by atoms with van der Waals surface area (Å²) in [6, 6.07) is 48.4. The van der Waals surface area contributed by atoms with Crippen LogP contribution in [0.4, 0.5) is 0 Å². The maximum atomic E-state index is 3.67. The average molecular weight is 499 g/mol. The van der Waals surface area contributed by atoms with Crippen LogP contribution in [0.3, 0.4) is 0 Å². The number of hydrogen-bond acceptors (Lipinski definition) is 0. The van der Waals surface area contributed by atoms with Crippen LogP contribution >= 0.6 is 0 Å². The summed E-state index contributed by atoms with van der Waals surface area (Å²) < 4.78 is 2.31. The quantitative estimate of drug-likeness (QED) is 0.168. The molecule has 2 heterocycles. The van der Waals surface area contributed by atoms with Gasteiger partial charge in [0.1, 0.15) is 7.05 Å². The number of hydrogen-bond donors (Lipinski definition) is 0. The molecule has 8 aromatic rings. The molecule has 0 aliphatic rings. The summed E-state index contributed by atoms with van der Waals surface area (Å²) in [5.74, 6) is 0. The minimum atomic E-state index is 1.14. The van der Waals surface area contributed by atoms with Crippen molar-refractivity contribution in [2.75, 3.05) is 0 Å². The van der Waals surface area contributed by atoms with Crippen molar-refractivity contribution < 1.29 is 9.55 Å². The minimum Gasteiger partial charge on any atom is -0.204 e. The van der Waals surface area contributed by atoms with Gasteiger partial charge in [0.05, 0.1) is 21.5 Å². The minimum absolute atomic E-state index is 1.14. The molecule has 0 spiro atoms. The van der Waals surface area contributed by atoms with E-state index in [-0.39, 0.29) is 0 Å². The first kappa shape index (κ1) is 22.0. The van der Waals surface area contributed by atoms with Gasteiger partial charge in [-0.15, -0.1) is 0 Å². The van der Waals surface area contributed by atoms with E-state index in [4.69, 9.17) is 0 Å². The van der Waals surface area contributed by atoms with Crippen LogP contribution in [0.25, 0.3) is 76.6 Å². The van der Waals surface area contributed by atoms with E-state index in [9.17, 15) is 0 Å². The van der Waals surface area contributed by atoms with E-state index in [0.717, 1.165) is 11.0 Å². The molecule has 0 atom stereocenters. The maximum absolute atomic E-state index is 3.67. The summed E-state index contributed by atoms with van der Waals surface area (Å²) in [6.07, 6.45) is 0. The smallest absolute Gasteiger partial charge is 0.204 e. The third kappa shape index (κ3) is 3.22. The fraction of sp³-hybridized carbons (Fsp3) is 0.0270. The molecule has 0 amide bonds. The molecule has 0 saturated heterocycles. The molecule has 8 rings (SSSR count). The van der Waals surface area contributed by atoms with E-state index in [2.05, 4.69) is 150 Å². The molecule has 182 valence electrons. The van der Waals surface area contributed by atoms with Gasteiger partial charge in [-0.05, 0) is 46.2 Å². The van der Waals surface area contributed by atoms with Crippen molar-refractivity contribution in [2.24, 2.45) is 7.05 Å². The second-order valence-electron chi connectivity index (χ2n) is 10.3. The maximum Gasteiger partial charge on any atom is 0.213 e. The second kappa shape index (κ2) is 8.47. The Bertz CT molecular complexity index is 2130. The van der Waals surface area contributed by atoms with Crippen molar-refractivity contribution in [3.63, 3.8) is 0 Å². The highest BCUT2D eigenvalue weighted by atomic mass is 14.9. The Balaban J connectivity index is 1.60. The van der Waals surface area contributed by atoms with Crippen LogP contribution in [0.15, 0.2) is 133 Å². The molecule has 39 heavy (non-hydrogen) atoms. The first-order chi connectivity index (χ1) is 19.3. The van der Waals surface area contributed by atoms with Gasteiger partial charge >= 0.3 is 0 Å². The molecule has 0 aliphatic heterocycles. The second-order valence-corrected chi connectivity index (χ2v) is 10.3. The third-order valence-corrected chi connectivity index (χ3v) is 8.18. The Kier molecular flexibility index (Phi) is 4.77. The molecule has 0 bridgehead atoms. The van der Waals surface area contributed by atoms with Crippen LogP contribution in [0.1, 0.15) is 0 Å². The first-order valence-corrected chi connectivity index (χ1v) is 13.4. The summed E-state index contributed by atoms with van der Waals surface area (Å²) in [7, 11) is 2.17. The van der Waals surface area contributed by atoms with E-state index in [1.54, 1.807) is 0 Å². The summed E-state index contributed by atoms with van der Waals surface area (Å²) in [4.78, 5) is 3.67. The van der Waals surface area contributed by atoms with Gasteiger partial charge < -0.3 is 0 Å². The zero-order valence-electron chi connectivity index (χ0n) is 21.6. The zero-order chi connectivity index (χ0) is 25.9. The third-order valence-electron chi connectivity index (χ3n) is 8.18. The van der Waals surface area contributed by atoms with Gasteiger partial charge in [0, 0.05) is 35.4 Å². The van der Waals surface area contributed by atoms with E-state index in [0.29, 0.717) is 0 Å². The Morgan fingerprint density at radius 3 is 1.41 bits per heavy atom. The van der Waals surface area contributed by atoms with Crippen molar-refractivity contribution in [2.45, 2.75) is 0 Å². The van der Waals surface area contributed by atoms with Gasteiger partial charge in [0.25, 0.3) is 0 Å². The molecule has 0 unspecified atom stereocenters. The number of rotatable bonds is 2. The van der Waals surface area contributed by atoms with E-state index in [1.165, 1.54) is 65.6 Å². The van der Waals surface area contributed by atoms with Gasteiger partial charge in [-0.25, -0.2) is 4.98 Å². The number of fused-ring (bicyclic) bond motifs is 5. The number of para-hydroxylation sites is 4. The lowest BCUT2D eigenvalue weighted by Gasteiger charge is -2.17. The fourth-order valence-electron chi connectivity index (χ4n) is 6.48. The normalized spacial score (nSPS) is 11.7. The largest absolute Gasteiger partial charge is 0.213 e. The van der Waals surface area contributed by atoms with Crippen LogP contribution in [0, 0.1) is 0 Å². The van der Waals surface area contributed by atoms with Crippen molar-refractivity contribution in [3.8, 4) is 22.3 Å². The molecule has 0 saturated carbocycles. The SMILES string of the molecule is C[n+]1c2ccccc2c(-c2cccc3cccc(-c4c5ccccc5[nH+]c5ccccc45)c23)c2ccccc21. The molecule has 6 aromatic carbocycles. The predicted octanol–water partition coefficient (Wildman–Crippen LogP) is 8.43. The summed E-state index contributed by atoms with van der Waals surface area (Å²) >= 11 is 0. The van der Waals surface area contributed by atoms with Gasteiger partial charge in [-0.2, -0.15) is 4.57 Å².